The Morgan fingerprint density at radius 2 is 1.65 bits per heavy atom. The first-order valence-electron chi connectivity index (χ1n) is 10.2. The summed E-state index contributed by atoms with van der Waals surface area (Å²) < 4.78 is 5.72. The van der Waals surface area contributed by atoms with Gasteiger partial charge in [0.2, 0.25) is 5.91 Å². The van der Waals surface area contributed by atoms with Crippen molar-refractivity contribution in [2.24, 2.45) is 0 Å². The highest BCUT2D eigenvalue weighted by Crippen LogP contribution is 2.23. The van der Waals surface area contributed by atoms with Crippen LogP contribution in [0.1, 0.15) is 12.8 Å². The lowest BCUT2D eigenvalue weighted by Gasteiger charge is -2.31. The van der Waals surface area contributed by atoms with Gasteiger partial charge in [-0.15, -0.1) is 11.8 Å². The molecule has 0 bridgehead atoms. The van der Waals surface area contributed by atoms with Gasteiger partial charge < -0.3 is 26.0 Å². The third-order valence-electron chi connectivity index (χ3n) is 4.42. The molecule has 0 radical (unpaired) electrons. The maximum absolute atomic E-state index is 12.8. The molecule has 0 spiro atoms. The first-order valence-corrected chi connectivity index (χ1v) is 11.4. The van der Waals surface area contributed by atoms with Crippen LogP contribution in [0.3, 0.4) is 0 Å². The van der Waals surface area contributed by atoms with Crippen LogP contribution in [0.15, 0.2) is 54.6 Å². The summed E-state index contributed by atoms with van der Waals surface area (Å²) in [5.74, 6) is 0.0792. The van der Waals surface area contributed by atoms with Gasteiger partial charge in [-0.2, -0.15) is 10.5 Å². The Hall–Kier alpha value is -4.22. The zero-order valence-corrected chi connectivity index (χ0v) is 19.3. The largest absolute Gasteiger partial charge is 0.457 e. The van der Waals surface area contributed by atoms with E-state index < -0.39 is 22.7 Å². The minimum atomic E-state index is -1.57. The number of anilines is 1. The van der Waals surface area contributed by atoms with Crippen molar-refractivity contribution in [3.05, 3.63) is 54.6 Å². The molecular weight excluding hydrogens is 456 g/mol. The number of carbonyl (C=O) groups excluding carboxylic acids is 3. The molecule has 4 amide bonds. The van der Waals surface area contributed by atoms with Gasteiger partial charge in [-0.05, 0) is 42.7 Å². The number of ether oxygens (including phenoxy) is 1. The molecule has 176 valence electrons. The minimum absolute atomic E-state index is 0.0793. The SMILES string of the molecule is CSC(CNC(=O)CC#N)(NC(=O)Nc1ccc(Oc2ccccc2)cc1)C(=O)NCCC#N. The fourth-order valence-electron chi connectivity index (χ4n) is 2.71. The van der Waals surface area contributed by atoms with Crippen molar-refractivity contribution in [3.8, 4) is 23.6 Å². The first kappa shape index (κ1) is 26.0. The molecule has 11 heteroatoms. The standard InChI is InChI=1S/C23H24N6O4S/c1-34-23(16-27-20(30)12-14-25,21(31)26-15-5-13-24)29-22(32)28-17-8-10-19(11-9-17)33-18-6-3-2-4-7-18/h2-4,6-11H,5,12,15-16H2,1H3,(H,26,31)(H,27,30)(H2,28,29,32). The predicted octanol–water partition coefficient (Wildman–Crippen LogP) is 2.72. The zero-order chi connectivity index (χ0) is 24.8. The summed E-state index contributed by atoms with van der Waals surface area (Å²) in [7, 11) is 0. The molecule has 2 aromatic rings. The van der Waals surface area contributed by atoms with Gasteiger partial charge in [-0.3, -0.25) is 9.59 Å². The topological polar surface area (TPSA) is 156 Å². The molecule has 0 saturated heterocycles. The van der Waals surface area contributed by atoms with Gasteiger partial charge in [0.15, 0.2) is 4.87 Å². The Morgan fingerprint density at radius 3 is 2.26 bits per heavy atom. The summed E-state index contributed by atoms with van der Waals surface area (Å²) in [6, 6.07) is 18.8. The van der Waals surface area contributed by atoms with Gasteiger partial charge in [-0.25, -0.2) is 4.79 Å². The Kier molecular flexibility index (Phi) is 10.2. The fraction of sp³-hybridized carbons (Fsp3) is 0.261. The van der Waals surface area contributed by atoms with Gasteiger partial charge in [0, 0.05) is 12.2 Å². The highest BCUT2D eigenvalue weighted by Gasteiger charge is 2.39. The van der Waals surface area contributed by atoms with Crippen LogP contribution in [0.2, 0.25) is 0 Å². The third-order valence-corrected chi connectivity index (χ3v) is 5.55. The molecule has 1 unspecified atom stereocenters. The van der Waals surface area contributed by atoms with Crippen LogP contribution < -0.4 is 26.0 Å². The maximum Gasteiger partial charge on any atom is 0.320 e. The highest BCUT2D eigenvalue weighted by atomic mass is 32.2. The molecule has 2 rings (SSSR count). The first-order chi connectivity index (χ1) is 16.4. The molecule has 0 aliphatic rings. The second-order valence-corrected chi connectivity index (χ2v) is 7.93. The normalized spacial score (nSPS) is 11.6. The van der Waals surface area contributed by atoms with Crippen LogP contribution >= 0.6 is 11.8 Å². The number of para-hydroxylation sites is 1. The molecule has 34 heavy (non-hydrogen) atoms. The second-order valence-electron chi connectivity index (χ2n) is 6.83. The quantitative estimate of drug-likeness (QED) is 0.284. The summed E-state index contributed by atoms with van der Waals surface area (Å²) in [5, 5.41) is 27.7. The predicted molar refractivity (Wildman–Crippen MR) is 128 cm³/mol. The zero-order valence-electron chi connectivity index (χ0n) is 18.5. The van der Waals surface area contributed by atoms with Crippen LogP contribution in [0.25, 0.3) is 0 Å². The van der Waals surface area contributed by atoms with Gasteiger partial charge in [0.25, 0.3) is 5.91 Å². The van der Waals surface area contributed by atoms with E-state index in [1.54, 1.807) is 36.6 Å². The summed E-state index contributed by atoms with van der Waals surface area (Å²) in [5.41, 5.74) is 0.450. The molecule has 0 heterocycles. The Bertz CT molecular complexity index is 1070. The average molecular weight is 481 g/mol. The summed E-state index contributed by atoms with van der Waals surface area (Å²) in [4.78, 5) is 35.7. The number of nitrogens with zero attached hydrogens (tertiary/aromatic N) is 2. The third kappa shape index (κ3) is 8.04. The molecule has 0 aromatic heterocycles. The lowest BCUT2D eigenvalue weighted by atomic mass is 10.2. The second kappa shape index (κ2) is 13.4. The Balaban J connectivity index is 2.07. The number of amides is 4. The number of urea groups is 1. The van der Waals surface area contributed by atoms with Crippen LogP contribution in [0.4, 0.5) is 10.5 Å². The van der Waals surface area contributed by atoms with E-state index in [2.05, 4.69) is 21.3 Å². The van der Waals surface area contributed by atoms with E-state index in [4.69, 9.17) is 15.3 Å². The van der Waals surface area contributed by atoms with Gasteiger partial charge >= 0.3 is 6.03 Å². The van der Waals surface area contributed by atoms with Gasteiger partial charge in [0.1, 0.15) is 17.9 Å². The maximum atomic E-state index is 12.8. The van der Waals surface area contributed by atoms with E-state index in [-0.39, 0.29) is 25.9 Å². The number of nitriles is 2. The summed E-state index contributed by atoms with van der Waals surface area (Å²) in [6.07, 6.45) is 1.29. The number of benzene rings is 2. The smallest absolute Gasteiger partial charge is 0.320 e. The minimum Gasteiger partial charge on any atom is -0.457 e. The molecule has 0 fully saturated rings. The van der Waals surface area contributed by atoms with Crippen molar-refractivity contribution in [3.63, 3.8) is 0 Å². The van der Waals surface area contributed by atoms with Gasteiger partial charge in [-0.1, -0.05) is 18.2 Å². The molecule has 0 aliphatic carbocycles. The number of nitrogens with one attached hydrogen (secondary N) is 4. The van der Waals surface area contributed by atoms with Crippen molar-refractivity contribution < 1.29 is 19.1 Å². The van der Waals surface area contributed by atoms with E-state index in [0.717, 1.165) is 11.8 Å². The lowest BCUT2D eigenvalue weighted by molar-refractivity contribution is -0.124. The molecule has 0 saturated carbocycles. The highest BCUT2D eigenvalue weighted by molar-refractivity contribution is 8.00. The van der Waals surface area contributed by atoms with Crippen molar-refractivity contribution in [1.29, 1.82) is 10.5 Å². The molecule has 0 aliphatic heterocycles. The van der Waals surface area contributed by atoms with Gasteiger partial charge in [0.05, 0.1) is 25.1 Å². The molecule has 10 nitrogen and oxygen atoms in total. The van der Waals surface area contributed by atoms with E-state index in [0.29, 0.717) is 17.2 Å². The number of carbonyl (C=O) groups is 3. The van der Waals surface area contributed by atoms with Crippen LogP contribution in [-0.4, -0.2) is 42.1 Å². The summed E-state index contributed by atoms with van der Waals surface area (Å²) >= 11 is 1.00. The van der Waals surface area contributed by atoms with Crippen LogP contribution in [0, 0.1) is 22.7 Å². The van der Waals surface area contributed by atoms with E-state index in [9.17, 15) is 14.4 Å². The fourth-order valence-corrected chi connectivity index (χ4v) is 3.37. The van der Waals surface area contributed by atoms with E-state index in [1.807, 2.05) is 36.4 Å². The van der Waals surface area contributed by atoms with Crippen molar-refractivity contribution in [2.75, 3.05) is 24.7 Å². The average Bonchev–Trinajstić information content (AvgIpc) is 2.84. The van der Waals surface area contributed by atoms with Crippen molar-refractivity contribution in [1.82, 2.24) is 16.0 Å². The number of rotatable bonds is 11. The number of hydrogen-bond acceptors (Lipinski definition) is 7. The van der Waals surface area contributed by atoms with Crippen LogP contribution in [-0.2, 0) is 9.59 Å². The molecule has 4 N–H and O–H groups in total. The lowest BCUT2D eigenvalue weighted by Crippen LogP contribution is -2.62. The molecule has 2 aromatic carbocycles. The van der Waals surface area contributed by atoms with E-state index in [1.165, 1.54) is 0 Å². The van der Waals surface area contributed by atoms with Crippen molar-refractivity contribution >= 4 is 35.3 Å². The molecule has 1 atom stereocenters. The number of thioether (sulfide) groups is 1. The van der Waals surface area contributed by atoms with Crippen molar-refractivity contribution in [2.45, 2.75) is 17.7 Å². The summed E-state index contributed by atoms with van der Waals surface area (Å²) in [6.45, 7) is -0.180. The Morgan fingerprint density at radius 1 is 0.971 bits per heavy atom. The Labute approximate surface area is 201 Å². The molecular formula is C23H24N6O4S. The monoisotopic (exact) mass is 480 g/mol. The van der Waals surface area contributed by atoms with E-state index >= 15 is 0 Å². The number of hydrogen-bond donors (Lipinski definition) is 4. The van der Waals surface area contributed by atoms with Crippen LogP contribution in [0.5, 0.6) is 11.5 Å².